The average molecular weight is 441 g/mol. The summed E-state index contributed by atoms with van der Waals surface area (Å²) in [5.41, 5.74) is 0.420. The summed E-state index contributed by atoms with van der Waals surface area (Å²) in [7, 11) is 0. The van der Waals surface area contributed by atoms with Gasteiger partial charge in [-0.1, -0.05) is 30.4 Å². The summed E-state index contributed by atoms with van der Waals surface area (Å²) in [4.78, 5) is 0. The molecule has 4 heteroatoms. The molecule has 4 unspecified atom stereocenters. The Labute approximate surface area is 189 Å². The summed E-state index contributed by atoms with van der Waals surface area (Å²) >= 11 is 0. The summed E-state index contributed by atoms with van der Waals surface area (Å²) in [5, 5.41) is 0. The Morgan fingerprint density at radius 2 is 1.69 bits per heavy atom. The number of benzene rings is 2. The van der Waals surface area contributed by atoms with Crippen molar-refractivity contribution < 1.29 is 17.9 Å². The van der Waals surface area contributed by atoms with Gasteiger partial charge in [-0.3, -0.25) is 0 Å². The largest absolute Gasteiger partial charge is 0.489 e. The molecule has 2 aromatic carbocycles. The van der Waals surface area contributed by atoms with E-state index in [0.717, 1.165) is 32.1 Å². The van der Waals surface area contributed by atoms with Gasteiger partial charge in [0.1, 0.15) is 18.2 Å². The van der Waals surface area contributed by atoms with Crippen molar-refractivity contribution in [3.05, 3.63) is 78.2 Å². The molecule has 0 spiro atoms. The molecule has 0 heterocycles. The van der Waals surface area contributed by atoms with Gasteiger partial charge in [0.25, 0.3) is 0 Å². The number of ether oxygens (including phenoxy) is 1. The highest BCUT2D eigenvalue weighted by atomic mass is 19.2. The van der Waals surface area contributed by atoms with Crippen molar-refractivity contribution in [2.45, 2.75) is 51.4 Å². The van der Waals surface area contributed by atoms with Gasteiger partial charge < -0.3 is 4.74 Å². The highest BCUT2D eigenvalue weighted by Gasteiger charge is 2.36. The van der Waals surface area contributed by atoms with E-state index >= 15 is 8.78 Å². The SMILES string of the molecule is C=CC1CCC2CC(c3ccc(-c4ccc(OC/C=C/C)cc4F)c(F)c3F)CCC2C1. The van der Waals surface area contributed by atoms with E-state index in [-0.39, 0.29) is 17.0 Å². The van der Waals surface area contributed by atoms with Crippen LogP contribution < -0.4 is 4.74 Å². The number of hydrogen-bond donors (Lipinski definition) is 0. The molecule has 4 atom stereocenters. The molecule has 4 rings (SSSR count). The van der Waals surface area contributed by atoms with Gasteiger partial charge in [0, 0.05) is 17.2 Å². The van der Waals surface area contributed by atoms with Crippen LogP contribution in [0.4, 0.5) is 13.2 Å². The molecule has 0 aromatic heterocycles. The smallest absolute Gasteiger partial charge is 0.167 e. The second-order valence-electron chi connectivity index (χ2n) is 9.19. The van der Waals surface area contributed by atoms with E-state index in [1.165, 1.54) is 24.6 Å². The van der Waals surface area contributed by atoms with Crippen molar-refractivity contribution in [1.29, 1.82) is 0 Å². The maximum absolute atomic E-state index is 15.1. The molecule has 2 aliphatic carbocycles. The van der Waals surface area contributed by atoms with Crippen LogP contribution in [0.5, 0.6) is 5.75 Å². The topological polar surface area (TPSA) is 9.23 Å². The fraction of sp³-hybridized carbons (Fsp3) is 0.429. The Kier molecular flexibility index (Phi) is 7.07. The molecule has 32 heavy (non-hydrogen) atoms. The van der Waals surface area contributed by atoms with Crippen LogP contribution >= 0.6 is 0 Å². The molecular formula is C28H31F3O. The van der Waals surface area contributed by atoms with E-state index in [4.69, 9.17) is 4.74 Å². The quantitative estimate of drug-likeness (QED) is 0.411. The minimum absolute atomic E-state index is 0.0207. The van der Waals surface area contributed by atoms with Gasteiger partial charge in [-0.15, -0.1) is 6.58 Å². The summed E-state index contributed by atoms with van der Waals surface area (Å²) in [6.07, 6.45) is 12.0. The minimum atomic E-state index is -0.971. The Hall–Kier alpha value is -2.49. The van der Waals surface area contributed by atoms with E-state index in [9.17, 15) is 4.39 Å². The monoisotopic (exact) mass is 440 g/mol. The Morgan fingerprint density at radius 1 is 0.938 bits per heavy atom. The lowest BCUT2D eigenvalue weighted by atomic mass is 9.64. The van der Waals surface area contributed by atoms with Crippen LogP contribution in [0.2, 0.25) is 0 Å². The zero-order valence-electron chi connectivity index (χ0n) is 18.6. The molecule has 2 aliphatic rings. The second-order valence-corrected chi connectivity index (χ2v) is 9.19. The molecule has 2 saturated carbocycles. The van der Waals surface area contributed by atoms with Crippen molar-refractivity contribution in [3.63, 3.8) is 0 Å². The molecule has 0 radical (unpaired) electrons. The van der Waals surface area contributed by atoms with Gasteiger partial charge in [0.2, 0.25) is 0 Å². The van der Waals surface area contributed by atoms with Crippen LogP contribution in [0.15, 0.2) is 55.1 Å². The summed E-state index contributed by atoms with van der Waals surface area (Å²) in [5.74, 6) is -0.237. The molecule has 0 bridgehead atoms. The van der Waals surface area contributed by atoms with Crippen LogP contribution in [0, 0.1) is 35.2 Å². The highest BCUT2D eigenvalue weighted by molar-refractivity contribution is 5.66. The predicted molar refractivity (Wildman–Crippen MR) is 123 cm³/mol. The molecule has 0 N–H and O–H groups in total. The maximum atomic E-state index is 15.1. The van der Waals surface area contributed by atoms with Gasteiger partial charge in [-0.25, -0.2) is 13.2 Å². The second kappa shape index (κ2) is 9.97. The average Bonchev–Trinajstić information content (AvgIpc) is 2.81. The van der Waals surface area contributed by atoms with Gasteiger partial charge in [0.05, 0.1) is 0 Å². The first-order valence-electron chi connectivity index (χ1n) is 11.7. The highest BCUT2D eigenvalue weighted by Crippen LogP contribution is 2.48. The summed E-state index contributed by atoms with van der Waals surface area (Å²) in [6, 6.07) is 7.41. The van der Waals surface area contributed by atoms with E-state index in [2.05, 4.69) is 12.7 Å². The Bertz CT molecular complexity index is 996. The fourth-order valence-electron chi connectivity index (χ4n) is 5.55. The third kappa shape index (κ3) is 4.65. The van der Waals surface area contributed by atoms with Gasteiger partial charge in [-0.05, 0) is 86.8 Å². The van der Waals surface area contributed by atoms with Gasteiger partial charge in [0.15, 0.2) is 11.6 Å². The van der Waals surface area contributed by atoms with Crippen molar-refractivity contribution >= 4 is 0 Å². The summed E-state index contributed by atoms with van der Waals surface area (Å²) in [6.45, 7) is 6.13. The molecule has 1 nitrogen and oxygen atoms in total. The number of rotatable bonds is 6. The molecule has 2 fully saturated rings. The third-order valence-corrected chi connectivity index (χ3v) is 7.35. The van der Waals surface area contributed by atoms with Crippen molar-refractivity contribution in [2.24, 2.45) is 17.8 Å². The standard InChI is InChI=1S/C28H31F3O/c1-3-5-14-32-22-10-11-24(26(29)17-22)25-13-12-23(27(30)28(25)31)21-9-8-19-15-18(4-2)6-7-20(19)16-21/h3-5,10-13,17-21H,2,6-9,14-16H2,1H3/b5-3+. The van der Waals surface area contributed by atoms with E-state index in [0.29, 0.717) is 35.7 Å². The predicted octanol–water partition coefficient (Wildman–Crippen LogP) is 8.21. The van der Waals surface area contributed by atoms with Crippen LogP contribution in [0.1, 0.15) is 56.9 Å². The molecular weight excluding hydrogens is 409 g/mol. The molecule has 0 saturated heterocycles. The van der Waals surface area contributed by atoms with Crippen LogP contribution in [-0.2, 0) is 0 Å². The Morgan fingerprint density at radius 3 is 2.44 bits per heavy atom. The zero-order valence-corrected chi connectivity index (χ0v) is 18.6. The molecule has 2 aromatic rings. The van der Waals surface area contributed by atoms with E-state index in [1.54, 1.807) is 18.2 Å². The maximum Gasteiger partial charge on any atom is 0.167 e. The fourth-order valence-corrected chi connectivity index (χ4v) is 5.55. The normalized spacial score (nSPS) is 25.5. The lowest BCUT2D eigenvalue weighted by Gasteiger charge is -2.41. The molecule has 0 aliphatic heterocycles. The number of fused-ring (bicyclic) bond motifs is 1. The zero-order chi connectivity index (χ0) is 22.7. The van der Waals surface area contributed by atoms with Crippen LogP contribution in [0.3, 0.4) is 0 Å². The lowest BCUT2D eigenvalue weighted by Crippen LogP contribution is -2.30. The molecule has 170 valence electrons. The number of allylic oxidation sites excluding steroid dienone is 2. The van der Waals surface area contributed by atoms with Gasteiger partial charge in [-0.2, -0.15) is 0 Å². The van der Waals surface area contributed by atoms with Crippen molar-refractivity contribution in [1.82, 2.24) is 0 Å². The van der Waals surface area contributed by atoms with Crippen molar-refractivity contribution in [2.75, 3.05) is 6.61 Å². The van der Waals surface area contributed by atoms with Crippen LogP contribution in [0.25, 0.3) is 11.1 Å². The lowest BCUT2D eigenvalue weighted by molar-refractivity contribution is 0.132. The first kappa shape index (κ1) is 22.7. The molecule has 0 amide bonds. The Balaban J connectivity index is 1.52. The van der Waals surface area contributed by atoms with Gasteiger partial charge >= 0.3 is 0 Å². The minimum Gasteiger partial charge on any atom is -0.489 e. The number of hydrogen-bond acceptors (Lipinski definition) is 1. The van der Waals surface area contributed by atoms with Crippen molar-refractivity contribution in [3.8, 4) is 16.9 Å². The van der Waals surface area contributed by atoms with Crippen LogP contribution in [-0.4, -0.2) is 6.61 Å². The third-order valence-electron chi connectivity index (χ3n) is 7.35. The first-order chi connectivity index (χ1) is 15.5. The van der Waals surface area contributed by atoms with E-state index < -0.39 is 17.5 Å². The van der Waals surface area contributed by atoms with E-state index in [1.807, 2.05) is 13.0 Å². The first-order valence-corrected chi connectivity index (χ1v) is 11.7. The number of halogens is 3. The summed E-state index contributed by atoms with van der Waals surface area (Å²) < 4.78 is 50.3.